The van der Waals surface area contributed by atoms with Gasteiger partial charge in [0.1, 0.15) is 5.21 Å². The van der Waals surface area contributed by atoms with E-state index in [0.29, 0.717) is 6.04 Å². The molecule has 0 aliphatic carbocycles. The molecule has 0 radical (unpaired) electrons. The van der Waals surface area contributed by atoms with Gasteiger partial charge >= 0.3 is 0 Å². The van der Waals surface area contributed by atoms with Crippen LogP contribution in [0.15, 0.2) is 0 Å². The molecule has 84 valence electrons. The summed E-state index contributed by atoms with van der Waals surface area (Å²) in [6, 6.07) is 0.469. The number of likely N-dealkylation sites (tertiary alicyclic amines) is 1. The largest absolute Gasteiger partial charge is 0.304 e. The first kappa shape index (κ1) is 12.2. The Labute approximate surface area is 90.7 Å². The standard InChI is InChI=1S/C8H17ClN2O2S/c1-7-5-8(3-4-11(7)2)10-14(12,13)6-9/h7-8,10H,3-6H2,1-2H3. The predicted molar refractivity (Wildman–Crippen MR) is 57.9 cm³/mol. The van der Waals surface area contributed by atoms with Gasteiger partial charge in [-0.2, -0.15) is 0 Å². The minimum Gasteiger partial charge on any atom is -0.304 e. The quantitative estimate of drug-likeness (QED) is 0.735. The van der Waals surface area contributed by atoms with E-state index in [4.69, 9.17) is 11.6 Å². The summed E-state index contributed by atoms with van der Waals surface area (Å²) in [5.41, 5.74) is 0. The van der Waals surface area contributed by atoms with Crippen molar-refractivity contribution in [3.8, 4) is 0 Å². The van der Waals surface area contributed by atoms with E-state index in [0.717, 1.165) is 19.4 Å². The van der Waals surface area contributed by atoms with Crippen LogP contribution in [0.1, 0.15) is 19.8 Å². The molecule has 1 fully saturated rings. The van der Waals surface area contributed by atoms with Gasteiger partial charge in [-0.25, -0.2) is 13.1 Å². The summed E-state index contributed by atoms with van der Waals surface area (Å²) in [6.45, 7) is 3.03. The number of halogens is 1. The van der Waals surface area contributed by atoms with Gasteiger partial charge in [0.25, 0.3) is 0 Å². The molecule has 1 saturated heterocycles. The van der Waals surface area contributed by atoms with Gasteiger partial charge in [0.15, 0.2) is 0 Å². The first-order valence-electron chi connectivity index (χ1n) is 4.71. The zero-order valence-corrected chi connectivity index (χ0v) is 10.1. The molecule has 2 atom stereocenters. The highest BCUT2D eigenvalue weighted by Crippen LogP contribution is 2.16. The van der Waals surface area contributed by atoms with E-state index in [9.17, 15) is 8.42 Å². The van der Waals surface area contributed by atoms with E-state index in [1.807, 2.05) is 0 Å². The molecular weight excluding hydrogens is 224 g/mol. The lowest BCUT2D eigenvalue weighted by Gasteiger charge is -2.34. The lowest BCUT2D eigenvalue weighted by molar-refractivity contribution is 0.178. The van der Waals surface area contributed by atoms with Crippen LogP contribution in [0.4, 0.5) is 0 Å². The Kier molecular flexibility index (Phi) is 4.18. The highest BCUT2D eigenvalue weighted by Gasteiger charge is 2.25. The lowest BCUT2D eigenvalue weighted by Crippen LogP contribution is -2.47. The Balaban J connectivity index is 2.48. The SMILES string of the molecule is CC1CC(NS(=O)(=O)CCl)CCN1C. The van der Waals surface area contributed by atoms with Crippen molar-refractivity contribution in [1.29, 1.82) is 0 Å². The molecule has 1 N–H and O–H groups in total. The number of piperidine rings is 1. The van der Waals surface area contributed by atoms with Crippen molar-refractivity contribution >= 4 is 21.6 Å². The van der Waals surface area contributed by atoms with Gasteiger partial charge in [0, 0.05) is 12.1 Å². The molecule has 0 amide bonds. The van der Waals surface area contributed by atoms with Gasteiger partial charge < -0.3 is 4.90 Å². The highest BCUT2D eigenvalue weighted by atomic mass is 35.5. The van der Waals surface area contributed by atoms with Crippen LogP contribution in [0, 0.1) is 0 Å². The van der Waals surface area contributed by atoms with E-state index in [1.54, 1.807) is 0 Å². The van der Waals surface area contributed by atoms with Crippen molar-refractivity contribution in [3.63, 3.8) is 0 Å². The second kappa shape index (κ2) is 4.79. The average Bonchev–Trinajstić information content (AvgIpc) is 2.11. The molecule has 2 unspecified atom stereocenters. The van der Waals surface area contributed by atoms with E-state index >= 15 is 0 Å². The maximum absolute atomic E-state index is 11.2. The molecule has 0 bridgehead atoms. The van der Waals surface area contributed by atoms with Crippen molar-refractivity contribution in [2.75, 3.05) is 18.8 Å². The molecule has 1 aliphatic heterocycles. The van der Waals surface area contributed by atoms with Crippen molar-refractivity contribution < 1.29 is 8.42 Å². The molecule has 1 aliphatic rings. The molecular formula is C8H17ClN2O2S. The molecule has 0 aromatic carbocycles. The van der Waals surface area contributed by atoms with Crippen LogP contribution in [0.2, 0.25) is 0 Å². The van der Waals surface area contributed by atoms with Gasteiger partial charge in [0.2, 0.25) is 10.0 Å². The third-order valence-electron chi connectivity index (χ3n) is 2.70. The molecule has 1 rings (SSSR count). The van der Waals surface area contributed by atoms with Crippen molar-refractivity contribution in [3.05, 3.63) is 0 Å². The van der Waals surface area contributed by atoms with Crippen LogP contribution in [0.5, 0.6) is 0 Å². The van der Waals surface area contributed by atoms with Crippen LogP contribution in [0.3, 0.4) is 0 Å². The molecule has 0 spiro atoms. The number of nitrogens with zero attached hydrogens (tertiary/aromatic N) is 1. The average molecular weight is 241 g/mol. The molecule has 14 heavy (non-hydrogen) atoms. The number of rotatable bonds is 3. The van der Waals surface area contributed by atoms with Crippen LogP contribution in [0.25, 0.3) is 0 Å². The lowest BCUT2D eigenvalue weighted by atomic mass is 10.0. The fourth-order valence-corrected chi connectivity index (χ4v) is 2.66. The van der Waals surface area contributed by atoms with E-state index < -0.39 is 10.0 Å². The third-order valence-corrected chi connectivity index (χ3v) is 4.54. The van der Waals surface area contributed by atoms with Crippen LogP contribution >= 0.6 is 11.6 Å². The Morgan fingerprint density at radius 2 is 2.21 bits per heavy atom. The molecule has 1 heterocycles. The summed E-state index contributed by atoms with van der Waals surface area (Å²) < 4.78 is 25.0. The van der Waals surface area contributed by atoms with Gasteiger partial charge in [0.05, 0.1) is 0 Å². The summed E-state index contributed by atoms with van der Waals surface area (Å²) >= 11 is 5.32. The third kappa shape index (κ3) is 3.38. The summed E-state index contributed by atoms with van der Waals surface area (Å²) in [6.07, 6.45) is 1.71. The summed E-state index contributed by atoms with van der Waals surface area (Å²) in [5.74, 6) is 0. The summed E-state index contributed by atoms with van der Waals surface area (Å²) in [4.78, 5) is 2.23. The zero-order chi connectivity index (χ0) is 10.8. The second-order valence-corrected chi connectivity index (χ2v) is 6.23. The maximum atomic E-state index is 11.2. The smallest absolute Gasteiger partial charge is 0.225 e. The first-order valence-corrected chi connectivity index (χ1v) is 6.89. The van der Waals surface area contributed by atoms with Gasteiger partial charge in [-0.05, 0) is 33.4 Å². The normalized spacial score (nSPS) is 30.5. The zero-order valence-electron chi connectivity index (χ0n) is 8.53. The molecule has 0 aromatic heterocycles. The summed E-state index contributed by atoms with van der Waals surface area (Å²) in [5, 5.41) is -0.353. The van der Waals surface area contributed by atoms with Gasteiger partial charge in [-0.15, -0.1) is 11.6 Å². The monoisotopic (exact) mass is 240 g/mol. The number of hydrogen-bond donors (Lipinski definition) is 1. The van der Waals surface area contributed by atoms with Crippen molar-refractivity contribution in [2.24, 2.45) is 0 Å². The number of sulfonamides is 1. The van der Waals surface area contributed by atoms with Crippen LogP contribution < -0.4 is 4.72 Å². The molecule has 6 heteroatoms. The van der Waals surface area contributed by atoms with Crippen molar-refractivity contribution in [1.82, 2.24) is 9.62 Å². The van der Waals surface area contributed by atoms with Crippen molar-refractivity contribution in [2.45, 2.75) is 31.8 Å². The fourth-order valence-electron chi connectivity index (χ4n) is 1.68. The Morgan fingerprint density at radius 1 is 1.57 bits per heavy atom. The van der Waals surface area contributed by atoms with Gasteiger partial charge in [-0.3, -0.25) is 0 Å². The number of hydrogen-bond acceptors (Lipinski definition) is 3. The molecule has 0 aromatic rings. The second-order valence-electron chi connectivity index (χ2n) is 3.89. The van der Waals surface area contributed by atoms with E-state index in [2.05, 4.69) is 23.6 Å². The first-order chi connectivity index (χ1) is 6.44. The van der Waals surface area contributed by atoms with Crippen LogP contribution in [-0.4, -0.2) is 44.2 Å². The van der Waals surface area contributed by atoms with E-state index in [1.165, 1.54) is 0 Å². The Bertz CT molecular complexity index is 281. The maximum Gasteiger partial charge on any atom is 0.225 e. The van der Waals surface area contributed by atoms with Gasteiger partial charge in [-0.1, -0.05) is 0 Å². The minimum atomic E-state index is -3.26. The number of nitrogens with one attached hydrogen (secondary N) is 1. The molecule has 0 saturated carbocycles. The highest BCUT2D eigenvalue weighted by molar-refractivity contribution is 7.90. The van der Waals surface area contributed by atoms with E-state index in [-0.39, 0.29) is 11.3 Å². The minimum absolute atomic E-state index is 0.0462. The summed E-state index contributed by atoms with van der Waals surface area (Å²) in [7, 11) is -1.21. The predicted octanol–water partition coefficient (Wildman–Crippen LogP) is 0.585. The van der Waals surface area contributed by atoms with Crippen LogP contribution in [-0.2, 0) is 10.0 Å². The fraction of sp³-hybridized carbons (Fsp3) is 1.00. The topological polar surface area (TPSA) is 49.4 Å². The Hall–Kier alpha value is 0.160. The molecule has 4 nitrogen and oxygen atoms in total. The number of alkyl halides is 1. The Morgan fingerprint density at radius 3 is 2.71 bits per heavy atom.